The quantitative estimate of drug-likeness (QED) is 0.116. The molecule has 6 amide bonds. The molecule has 0 radical (unpaired) electrons. The van der Waals surface area contributed by atoms with Crippen LogP contribution in [-0.4, -0.2) is 137 Å². The summed E-state index contributed by atoms with van der Waals surface area (Å²) in [6.45, 7) is 19.7. The van der Waals surface area contributed by atoms with Crippen molar-refractivity contribution in [1.29, 1.82) is 0 Å². The number of ketones is 1. The van der Waals surface area contributed by atoms with Gasteiger partial charge >= 0.3 is 0 Å². The fourth-order valence-corrected chi connectivity index (χ4v) is 9.02. The van der Waals surface area contributed by atoms with E-state index < -0.39 is 29.0 Å². The summed E-state index contributed by atoms with van der Waals surface area (Å²) < 4.78 is 0. The monoisotopic (exact) mass is 942 g/mol. The molecule has 0 bridgehead atoms. The molecular formula is C54H83N7O7. The number of carbonyl (C=O) groups is 7. The summed E-state index contributed by atoms with van der Waals surface area (Å²) in [4.78, 5) is 104. The number of hydrogen-bond donors (Lipinski definition) is 3. The van der Waals surface area contributed by atoms with Crippen molar-refractivity contribution in [3.63, 3.8) is 0 Å². The Balaban J connectivity index is 1.44. The second-order valence-corrected chi connectivity index (χ2v) is 21.3. The van der Waals surface area contributed by atoms with E-state index in [-0.39, 0.29) is 84.9 Å². The van der Waals surface area contributed by atoms with Crippen LogP contribution in [0.2, 0.25) is 0 Å². The van der Waals surface area contributed by atoms with Crippen molar-refractivity contribution < 1.29 is 33.6 Å². The zero-order chi connectivity index (χ0) is 50.2. The molecule has 0 unspecified atom stereocenters. The molecular weight excluding hydrogens is 859 g/mol. The van der Waals surface area contributed by atoms with Gasteiger partial charge in [0.25, 0.3) is 0 Å². The normalized spacial score (nSPS) is 18.0. The number of amides is 6. The van der Waals surface area contributed by atoms with Crippen molar-refractivity contribution >= 4 is 41.2 Å². The minimum Gasteiger partial charge on any atom is -0.344 e. The van der Waals surface area contributed by atoms with Crippen molar-refractivity contribution in [1.82, 2.24) is 35.6 Å². The van der Waals surface area contributed by atoms with E-state index in [1.165, 1.54) is 0 Å². The van der Waals surface area contributed by atoms with Crippen molar-refractivity contribution in [3.8, 4) is 0 Å². The van der Waals surface area contributed by atoms with Gasteiger partial charge in [-0.25, -0.2) is 0 Å². The molecule has 14 nitrogen and oxygen atoms in total. The van der Waals surface area contributed by atoms with Gasteiger partial charge in [0.05, 0.1) is 6.04 Å². The van der Waals surface area contributed by atoms with Gasteiger partial charge in [0.1, 0.15) is 17.9 Å². The van der Waals surface area contributed by atoms with Crippen LogP contribution in [0.5, 0.6) is 0 Å². The Morgan fingerprint density at radius 2 is 1.01 bits per heavy atom. The topological polar surface area (TPSA) is 169 Å². The lowest BCUT2D eigenvalue weighted by atomic mass is 9.85. The van der Waals surface area contributed by atoms with Gasteiger partial charge < -0.3 is 35.6 Å². The van der Waals surface area contributed by atoms with Crippen LogP contribution in [0.1, 0.15) is 131 Å². The number of likely N-dealkylation sites (N-methyl/N-ethyl adjacent to an activating group) is 1. The van der Waals surface area contributed by atoms with E-state index in [1.54, 1.807) is 23.8 Å². The second kappa shape index (κ2) is 26.0. The molecule has 0 spiro atoms. The lowest BCUT2D eigenvalue weighted by Gasteiger charge is -2.37. The number of Topliss-reactive ketones (excluding diaryl/α,β-unsaturated/α-hetero) is 1. The summed E-state index contributed by atoms with van der Waals surface area (Å²) >= 11 is 0. The molecule has 2 fully saturated rings. The molecule has 68 heavy (non-hydrogen) atoms. The molecule has 2 aromatic rings. The van der Waals surface area contributed by atoms with E-state index in [0.29, 0.717) is 65.0 Å². The molecule has 6 atom stereocenters. The third-order valence-corrected chi connectivity index (χ3v) is 13.8. The zero-order valence-electron chi connectivity index (χ0n) is 42.9. The number of likely N-dealkylation sites (tertiary alicyclic amines) is 2. The van der Waals surface area contributed by atoms with Gasteiger partial charge in [0, 0.05) is 83.0 Å². The Bertz CT molecular complexity index is 1840. The number of nitrogens with zero attached hydrogens (tertiary/aromatic N) is 4. The van der Waals surface area contributed by atoms with Crippen LogP contribution in [0, 0.1) is 16.7 Å². The molecule has 3 N–H and O–H groups in total. The van der Waals surface area contributed by atoms with E-state index in [0.717, 1.165) is 30.4 Å². The van der Waals surface area contributed by atoms with Crippen LogP contribution >= 0.6 is 0 Å². The summed E-state index contributed by atoms with van der Waals surface area (Å²) in [5.74, 6) is -1.50. The van der Waals surface area contributed by atoms with Crippen LogP contribution < -0.4 is 16.0 Å². The maximum absolute atomic E-state index is 14.3. The van der Waals surface area contributed by atoms with Crippen LogP contribution in [0.15, 0.2) is 60.7 Å². The number of rotatable bonds is 24. The Morgan fingerprint density at radius 3 is 1.38 bits per heavy atom. The first-order chi connectivity index (χ1) is 32.1. The third-order valence-electron chi connectivity index (χ3n) is 13.8. The fraction of sp³-hybridized carbons (Fsp3) is 0.648. The molecule has 0 aromatic heterocycles. The highest BCUT2D eigenvalue weighted by Crippen LogP contribution is 2.29. The van der Waals surface area contributed by atoms with Gasteiger partial charge in [-0.3, -0.25) is 33.6 Å². The minimum absolute atomic E-state index is 0.0179. The number of nitrogens with one attached hydrogen (secondary N) is 3. The standard InChI is InChI=1S/C54H83N7O7/c1-11-38(2)49(65)56-47(53(4,5)6)51(67)60-32-18-24-42(60)36-58(34-30-40-20-14-12-15-21-40)45(63)28-26-44(62)27-29-46(64)59(35-31-41-22-16-13-17-23-41)37-43-25-19-33-61(43)52(68)48(54(7,8)9)57-50(66)39(3)55-10/h12-17,20-23,38-39,42-43,47-48,55H,11,18-19,24-37H2,1-10H3,(H,56,65)(H,57,66)/t38-,39+,42+,43+,47-,48-/m1/s1. The second-order valence-electron chi connectivity index (χ2n) is 21.3. The maximum Gasteiger partial charge on any atom is 0.246 e. The van der Waals surface area contributed by atoms with Gasteiger partial charge in [0.2, 0.25) is 35.4 Å². The van der Waals surface area contributed by atoms with Gasteiger partial charge in [-0.15, -0.1) is 0 Å². The SMILES string of the molecule is CC[C@@H](C)C(=O)N[C@H](C(=O)N1CCC[C@H]1CN(CCc1ccccc1)C(=O)CCC(=O)CCC(=O)N(CCc1ccccc1)C[C@@H]1CCCN1C(=O)[C@@H](NC(=O)[C@H](C)NC)C(C)(C)C)C(C)(C)C. The van der Waals surface area contributed by atoms with Gasteiger partial charge in [-0.1, -0.05) is 116 Å². The summed E-state index contributed by atoms with van der Waals surface area (Å²) in [6.07, 6.45) is 4.77. The Morgan fingerprint density at radius 1 is 0.618 bits per heavy atom. The number of carbonyl (C=O) groups excluding carboxylic acids is 7. The Kier molecular flexibility index (Phi) is 21.2. The summed E-state index contributed by atoms with van der Waals surface area (Å²) in [6, 6.07) is 17.3. The molecule has 0 aliphatic carbocycles. The third kappa shape index (κ3) is 16.5. The van der Waals surface area contributed by atoms with Gasteiger partial charge in [-0.05, 0) is 80.9 Å². The molecule has 2 aliphatic heterocycles. The van der Waals surface area contributed by atoms with Crippen molar-refractivity contribution in [3.05, 3.63) is 71.8 Å². The largest absolute Gasteiger partial charge is 0.344 e. The predicted octanol–water partition coefficient (Wildman–Crippen LogP) is 5.96. The first-order valence-electron chi connectivity index (χ1n) is 25.2. The number of benzene rings is 2. The van der Waals surface area contributed by atoms with Crippen LogP contribution in [0.4, 0.5) is 0 Å². The average Bonchev–Trinajstić information content (AvgIpc) is 3.99. The highest BCUT2D eigenvalue weighted by molar-refractivity contribution is 5.91. The molecule has 2 aromatic carbocycles. The molecule has 2 heterocycles. The Labute approximate surface area is 407 Å². The summed E-state index contributed by atoms with van der Waals surface area (Å²) in [7, 11) is 1.70. The first kappa shape index (κ1) is 55.5. The lowest BCUT2D eigenvalue weighted by molar-refractivity contribution is -0.142. The Hall–Kier alpha value is -5.11. The van der Waals surface area contributed by atoms with Gasteiger partial charge in [-0.2, -0.15) is 0 Å². The van der Waals surface area contributed by atoms with E-state index in [4.69, 9.17) is 0 Å². The lowest BCUT2D eigenvalue weighted by Crippen LogP contribution is -2.59. The van der Waals surface area contributed by atoms with E-state index in [1.807, 2.05) is 126 Å². The van der Waals surface area contributed by atoms with Crippen molar-refractivity contribution in [2.45, 2.75) is 163 Å². The molecule has 2 saturated heterocycles. The smallest absolute Gasteiger partial charge is 0.246 e. The highest BCUT2D eigenvalue weighted by Gasteiger charge is 2.42. The maximum atomic E-state index is 14.3. The van der Waals surface area contributed by atoms with Crippen LogP contribution in [0.3, 0.4) is 0 Å². The highest BCUT2D eigenvalue weighted by atomic mass is 16.2. The molecule has 376 valence electrons. The van der Waals surface area contributed by atoms with E-state index >= 15 is 0 Å². The molecule has 4 rings (SSSR count). The fourth-order valence-electron chi connectivity index (χ4n) is 9.02. The summed E-state index contributed by atoms with van der Waals surface area (Å²) in [5.41, 5.74) is 1.04. The van der Waals surface area contributed by atoms with E-state index in [2.05, 4.69) is 16.0 Å². The van der Waals surface area contributed by atoms with Crippen molar-refractivity contribution in [2.24, 2.45) is 16.7 Å². The molecule has 2 aliphatic rings. The van der Waals surface area contributed by atoms with E-state index in [9.17, 15) is 33.6 Å². The minimum atomic E-state index is -0.761. The average molecular weight is 942 g/mol. The van der Waals surface area contributed by atoms with Crippen LogP contribution in [0.25, 0.3) is 0 Å². The van der Waals surface area contributed by atoms with Crippen LogP contribution in [-0.2, 0) is 46.4 Å². The molecule has 14 heteroatoms. The molecule has 0 saturated carbocycles. The summed E-state index contributed by atoms with van der Waals surface area (Å²) in [5, 5.41) is 8.96. The number of hydrogen-bond acceptors (Lipinski definition) is 8. The van der Waals surface area contributed by atoms with Crippen molar-refractivity contribution in [2.75, 3.05) is 46.3 Å². The first-order valence-corrected chi connectivity index (χ1v) is 25.2. The predicted molar refractivity (Wildman–Crippen MR) is 267 cm³/mol. The zero-order valence-corrected chi connectivity index (χ0v) is 42.9. The van der Waals surface area contributed by atoms with Gasteiger partial charge in [0.15, 0.2) is 0 Å².